The van der Waals surface area contributed by atoms with Crippen molar-refractivity contribution >= 4 is 35.1 Å². The van der Waals surface area contributed by atoms with Gasteiger partial charge in [-0.2, -0.15) is 0 Å². The predicted octanol–water partition coefficient (Wildman–Crippen LogP) is 5.86. The second kappa shape index (κ2) is 9.55. The summed E-state index contributed by atoms with van der Waals surface area (Å²) >= 11 is 5.88. The molecule has 3 aromatic carbocycles. The fourth-order valence-electron chi connectivity index (χ4n) is 4.98. The van der Waals surface area contributed by atoms with Gasteiger partial charge in [0.2, 0.25) is 0 Å². The maximum atomic E-state index is 13.2. The molecule has 6 nitrogen and oxygen atoms in total. The maximum Gasteiger partial charge on any atom is 0.306 e. The van der Waals surface area contributed by atoms with E-state index < -0.39 is 5.97 Å². The smallest absolute Gasteiger partial charge is 0.306 e. The maximum absolute atomic E-state index is 13.2. The van der Waals surface area contributed by atoms with Crippen LogP contribution in [0.3, 0.4) is 0 Å². The zero-order chi connectivity index (χ0) is 24.5. The highest BCUT2D eigenvalue weighted by Crippen LogP contribution is 2.35. The zero-order valence-corrected chi connectivity index (χ0v) is 19.8. The number of carboxylic acids is 1. The standard InChI is InChI=1S/C28H25ClN2O4/c29-22-9-3-18(4-10-22)26(32)30-23-11-5-17(6-12-23)20-1-2-21-16-31(27(33)25(21)15-20)24-13-7-19(8-14-24)28(34)35/h1-6,9-12,15,19,24H,7-8,13-14,16H2,(H,30,32)(H,34,35)/t19-,24-. The number of rotatable bonds is 5. The molecule has 0 atom stereocenters. The second-order valence-electron chi connectivity index (χ2n) is 9.19. The van der Waals surface area contributed by atoms with Crippen LogP contribution in [0.4, 0.5) is 5.69 Å². The van der Waals surface area contributed by atoms with Crippen molar-refractivity contribution in [2.45, 2.75) is 38.3 Å². The Morgan fingerprint density at radius 2 is 1.54 bits per heavy atom. The lowest BCUT2D eigenvalue weighted by Crippen LogP contribution is -2.39. The quantitative estimate of drug-likeness (QED) is 0.471. The average molecular weight is 489 g/mol. The summed E-state index contributed by atoms with van der Waals surface area (Å²) in [5.74, 6) is -1.22. The minimum absolute atomic E-state index is 0.0208. The van der Waals surface area contributed by atoms with E-state index in [4.69, 9.17) is 11.6 Å². The van der Waals surface area contributed by atoms with Crippen LogP contribution in [-0.2, 0) is 11.3 Å². The van der Waals surface area contributed by atoms with E-state index in [1.165, 1.54) is 0 Å². The number of aliphatic carboxylic acids is 1. The Morgan fingerprint density at radius 1 is 0.886 bits per heavy atom. The fourth-order valence-corrected chi connectivity index (χ4v) is 5.11. The second-order valence-corrected chi connectivity index (χ2v) is 9.62. The lowest BCUT2D eigenvalue weighted by atomic mass is 9.85. The van der Waals surface area contributed by atoms with Gasteiger partial charge in [0.05, 0.1) is 5.92 Å². The van der Waals surface area contributed by atoms with Gasteiger partial charge in [0.15, 0.2) is 0 Å². The number of nitrogens with one attached hydrogen (secondary N) is 1. The largest absolute Gasteiger partial charge is 0.481 e. The van der Waals surface area contributed by atoms with E-state index in [9.17, 15) is 19.5 Å². The molecule has 178 valence electrons. The van der Waals surface area contributed by atoms with Crippen LogP contribution in [0, 0.1) is 5.92 Å². The van der Waals surface area contributed by atoms with E-state index in [1.807, 2.05) is 47.4 Å². The first-order chi connectivity index (χ1) is 16.9. The van der Waals surface area contributed by atoms with Crippen LogP contribution < -0.4 is 5.32 Å². The molecule has 0 saturated heterocycles. The normalized spacial score (nSPS) is 19.3. The molecular formula is C28H25ClN2O4. The molecule has 1 saturated carbocycles. The number of amides is 2. The summed E-state index contributed by atoms with van der Waals surface area (Å²) < 4.78 is 0. The summed E-state index contributed by atoms with van der Waals surface area (Å²) in [6.45, 7) is 0.576. The number of carbonyl (C=O) groups is 3. The summed E-state index contributed by atoms with van der Waals surface area (Å²) in [6.07, 6.45) is 2.69. The summed E-state index contributed by atoms with van der Waals surface area (Å²) in [4.78, 5) is 38.8. The van der Waals surface area contributed by atoms with Gasteiger partial charge in [-0.3, -0.25) is 14.4 Å². The molecule has 1 aliphatic heterocycles. The highest BCUT2D eigenvalue weighted by atomic mass is 35.5. The van der Waals surface area contributed by atoms with Crippen LogP contribution in [0.5, 0.6) is 0 Å². The van der Waals surface area contributed by atoms with E-state index in [0.717, 1.165) is 29.5 Å². The van der Waals surface area contributed by atoms with Gasteiger partial charge < -0.3 is 15.3 Å². The van der Waals surface area contributed by atoms with Crippen molar-refractivity contribution in [3.8, 4) is 11.1 Å². The molecule has 35 heavy (non-hydrogen) atoms. The molecule has 0 spiro atoms. The molecule has 0 radical (unpaired) electrons. The van der Waals surface area contributed by atoms with Crippen molar-refractivity contribution < 1.29 is 19.5 Å². The van der Waals surface area contributed by atoms with Gasteiger partial charge in [-0.15, -0.1) is 0 Å². The molecule has 1 fully saturated rings. The van der Waals surface area contributed by atoms with Gasteiger partial charge in [0.25, 0.3) is 11.8 Å². The highest BCUT2D eigenvalue weighted by molar-refractivity contribution is 6.30. The van der Waals surface area contributed by atoms with Gasteiger partial charge in [-0.25, -0.2) is 0 Å². The molecule has 2 N–H and O–H groups in total. The molecule has 2 aliphatic rings. The number of nitrogens with zero attached hydrogens (tertiary/aromatic N) is 1. The number of carboxylic acid groups (broad SMARTS) is 1. The third kappa shape index (κ3) is 4.80. The van der Waals surface area contributed by atoms with Crippen LogP contribution in [0.25, 0.3) is 11.1 Å². The first kappa shape index (κ1) is 23.1. The fraction of sp³-hybridized carbons (Fsp3) is 0.250. The Bertz CT molecular complexity index is 1280. The minimum Gasteiger partial charge on any atom is -0.481 e. The van der Waals surface area contributed by atoms with Crippen LogP contribution >= 0.6 is 11.6 Å². The Hall–Kier alpha value is -3.64. The first-order valence-corrected chi connectivity index (χ1v) is 12.1. The third-order valence-electron chi connectivity index (χ3n) is 7.01. The Morgan fingerprint density at radius 3 is 2.20 bits per heavy atom. The highest BCUT2D eigenvalue weighted by Gasteiger charge is 2.36. The molecule has 0 aromatic heterocycles. The van der Waals surface area contributed by atoms with Crippen LogP contribution in [0.15, 0.2) is 66.7 Å². The van der Waals surface area contributed by atoms with Gasteiger partial charge in [0, 0.05) is 34.4 Å². The van der Waals surface area contributed by atoms with E-state index in [2.05, 4.69) is 5.32 Å². The van der Waals surface area contributed by atoms with Crippen LogP contribution in [0.1, 0.15) is 52.0 Å². The first-order valence-electron chi connectivity index (χ1n) is 11.7. The van der Waals surface area contributed by atoms with E-state index in [0.29, 0.717) is 41.2 Å². The van der Waals surface area contributed by atoms with E-state index in [1.54, 1.807) is 24.3 Å². The zero-order valence-electron chi connectivity index (χ0n) is 19.0. The van der Waals surface area contributed by atoms with Gasteiger partial charge in [0.1, 0.15) is 0 Å². The summed E-state index contributed by atoms with van der Waals surface area (Å²) in [5, 5.41) is 12.7. The molecular weight excluding hydrogens is 464 g/mol. The van der Waals surface area contributed by atoms with Crippen molar-refractivity contribution in [2.75, 3.05) is 5.32 Å². The molecule has 1 aliphatic carbocycles. The molecule has 5 rings (SSSR count). The number of carbonyl (C=O) groups excluding carboxylic acids is 2. The molecule has 7 heteroatoms. The Labute approximate surface area is 208 Å². The number of hydrogen-bond donors (Lipinski definition) is 2. The Balaban J connectivity index is 1.26. The van der Waals surface area contributed by atoms with Crippen LogP contribution in [-0.4, -0.2) is 33.8 Å². The predicted molar refractivity (Wildman–Crippen MR) is 135 cm³/mol. The van der Waals surface area contributed by atoms with Crippen molar-refractivity contribution in [1.82, 2.24) is 4.90 Å². The average Bonchev–Trinajstić information content (AvgIpc) is 3.20. The van der Waals surface area contributed by atoms with E-state index in [-0.39, 0.29) is 23.8 Å². The van der Waals surface area contributed by atoms with E-state index >= 15 is 0 Å². The molecule has 3 aromatic rings. The Kier molecular flexibility index (Phi) is 6.31. The van der Waals surface area contributed by atoms with Crippen molar-refractivity contribution in [3.05, 3.63) is 88.4 Å². The number of halogens is 1. The summed E-state index contributed by atoms with van der Waals surface area (Å²) in [6, 6.07) is 20.3. The number of hydrogen-bond acceptors (Lipinski definition) is 3. The van der Waals surface area contributed by atoms with Gasteiger partial charge in [-0.05, 0) is 84.8 Å². The van der Waals surface area contributed by atoms with Crippen molar-refractivity contribution in [2.24, 2.45) is 5.92 Å². The van der Waals surface area contributed by atoms with Crippen molar-refractivity contribution in [1.29, 1.82) is 0 Å². The lowest BCUT2D eigenvalue weighted by Gasteiger charge is -2.33. The van der Waals surface area contributed by atoms with Crippen molar-refractivity contribution in [3.63, 3.8) is 0 Å². The number of benzene rings is 3. The third-order valence-corrected chi connectivity index (χ3v) is 7.26. The topological polar surface area (TPSA) is 86.7 Å². The minimum atomic E-state index is -0.736. The molecule has 2 amide bonds. The monoisotopic (exact) mass is 488 g/mol. The van der Waals surface area contributed by atoms with Gasteiger partial charge >= 0.3 is 5.97 Å². The summed E-state index contributed by atoms with van der Waals surface area (Å²) in [5.41, 5.74) is 4.80. The molecule has 0 bridgehead atoms. The molecule has 1 heterocycles. The SMILES string of the molecule is O=C(Nc1ccc(-c2ccc3c(c2)C(=O)N([C@H]2CC[C@H](C(=O)O)CC2)C3)cc1)c1ccc(Cl)cc1. The van der Waals surface area contributed by atoms with Crippen LogP contribution in [0.2, 0.25) is 5.02 Å². The lowest BCUT2D eigenvalue weighted by molar-refractivity contribution is -0.143. The van der Waals surface area contributed by atoms with Gasteiger partial charge in [-0.1, -0.05) is 35.9 Å². The number of anilines is 1. The number of fused-ring (bicyclic) bond motifs is 1. The summed E-state index contributed by atoms with van der Waals surface area (Å²) in [7, 11) is 0. The molecule has 0 unspecified atom stereocenters.